The third kappa shape index (κ3) is 2.02. The Labute approximate surface area is 76.4 Å². The van der Waals surface area contributed by atoms with Gasteiger partial charge in [0.1, 0.15) is 11.8 Å². The second kappa shape index (κ2) is 3.98. The van der Waals surface area contributed by atoms with E-state index in [-0.39, 0.29) is 0 Å². The van der Waals surface area contributed by atoms with Crippen LogP contribution in [0.3, 0.4) is 0 Å². The summed E-state index contributed by atoms with van der Waals surface area (Å²) in [6.07, 6.45) is 10.8. The Morgan fingerprint density at radius 2 is 1.85 bits per heavy atom. The Hall–Kier alpha value is -1.45. The summed E-state index contributed by atoms with van der Waals surface area (Å²) in [6.45, 7) is 0. The number of nitrogens with one attached hydrogen (secondary N) is 1. The lowest BCUT2D eigenvalue weighted by molar-refractivity contribution is 0.504. The summed E-state index contributed by atoms with van der Waals surface area (Å²) >= 11 is 0. The summed E-state index contributed by atoms with van der Waals surface area (Å²) < 4.78 is 0. The van der Waals surface area contributed by atoms with E-state index in [1.807, 2.05) is 0 Å². The van der Waals surface area contributed by atoms with Crippen molar-refractivity contribution in [2.45, 2.75) is 25.7 Å². The van der Waals surface area contributed by atoms with Crippen molar-refractivity contribution < 1.29 is 0 Å². The van der Waals surface area contributed by atoms with Crippen LogP contribution in [0.1, 0.15) is 25.7 Å². The van der Waals surface area contributed by atoms with Crippen molar-refractivity contribution in [1.82, 2.24) is 19.9 Å². The summed E-state index contributed by atoms with van der Waals surface area (Å²) in [5.41, 5.74) is 1.59. The van der Waals surface area contributed by atoms with Crippen LogP contribution in [0.25, 0.3) is 11.2 Å². The van der Waals surface area contributed by atoms with Gasteiger partial charge in [0.05, 0.1) is 12.5 Å². The average molecular weight is 176 g/mol. The molecule has 3 rings (SSSR count). The Morgan fingerprint density at radius 1 is 1.08 bits per heavy atom. The zero-order valence-corrected chi connectivity index (χ0v) is 7.40. The number of fused-ring (bicyclic) bond motifs is 1. The lowest BCUT2D eigenvalue weighted by atomic mass is 10.0. The minimum absolute atomic E-state index is 0.713. The number of nitrogens with zero attached hydrogens (tertiary/aromatic N) is 3. The number of rotatable bonds is 0. The Kier molecular flexibility index (Phi) is 2.50. The van der Waals surface area contributed by atoms with E-state index < -0.39 is 0 Å². The van der Waals surface area contributed by atoms with Crippen LogP contribution < -0.4 is 0 Å². The third-order valence-corrected chi connectivity index (χ3v) is 2.10. The molecular weight excluding hydrogens is 164 g/mol. The van der Waals surface area contributed by atoms with Gasteiger partial charge in [-0.25, -0.2) is 15.0 Å². The highest BCUT2D eigenvalue weighted by Crippen LogP contribution is 2.15. The molecule has 4 nitrogen and oxygen atoms in total. The highest BCUT2D eigenvalue weighted by Gasteiger charge is 1.95. The fourth-order valence-corrected chi connectivity index (χ4v) is 0.941. The topological polar surface area (TPSA) is 54.5 Å². The van der Waals surface area contributed by atoms with Gasteiger partial charge in [-0.3, -0.25) is 0 Å². The van der Waals surface area contributed by atoms with E-state index in [0.717, 1.165) is 5.52 Å². The van der Waals surface area contributed by atoms with Crippen molar-refractivity contribution in [2.75, 3.05) is 0 Å². The smallest absolute Gasteiger partial charge is 0.180 e. The molecule has 0 atom stereocenters. The minimum atomic E-state index is 0.713. The van der Waals surface area contributed by atoms with Crippen molar-refractivity contribution in [2.24, 2.45) is 0 Å². The molecule has 68 valence electrons. The maximum absolute atomic E-state index is 3.91. The summed E-state index contributed by atoms with van der Waals surface area (Å²) in [7, 11) is 0. The van der Waals surface area contributed by atoms with Gasteiger partial charge < -0.3 is 4.98 Å². The fraction of sp³-hybridized carbons (Fsp3) is 0.444. The Morgan fingerprint density at radius 3 is 2.46 bits per heavy atom. The van der Waals surface area contributed by atoms with E-state index in [1.54, 1.807) is 12.5 Å². The van der Waals surface area contributed by atoms with E-state index in [4.69, 9.17) is 0 Å². The van der Waals surface area contributed by atoms with Crippen LogP contribution in [0, 0.1) is 0 Å². The third-order valence-electron chi connectivity index (χ3n) is 2.10. The lowest BCUT2D eigenvalue weighted by Gasteiger charge is -2.05. The number of H-pyrrole nitrogens is 1. The monoisotopic (exact) mass is 176 g/mol. The molecule has 1 aliphatic carbocycles. The molecule has 0 aromatic carbocycles. The van der Waals surface area contributed by atoms with E-state index in [0.29, 0.717) is 5.65 Å². The average Bonchev–Trinajstić information content (AvgIpc) is 2.47. The molecule has 13 heavy (non-hydrogen) atoms. The number of hydrogen-bond donors (Lipinski definition) is 1. The Bertz CT molecular complexity index is 330. The first-order chi connectivity index (χ1) is 6.47. The molecule has 0 unspecified atom stereocenters. The zero-order valence-electron chi connectivity index (χ0n) is 7.40. The summed E-state index contributed by atoms with van der Waals surface area (Å²) in [4.78, 5) is 14.5. The van der Waals surface area contributed by atoms with Crippen molar-refractivity contribution in [1.29, 1.82) is 0 Å². The van der Waals surface area contributed by atoms with Gasteiger partial charge in [0, 0.05) is 0 Å². The fourth-order valence-electron chi connectivity index (χ4n) is 0.941. The maximum Gasteiger partial charge on any atom is 0.180 e. The van der Waals surface area contributed by atoms with Crippen LogP contribution in [0.5, 0.6) is 0 Å². The van der Waals surface area contributed by atoms with Gasteiger partial charge in [-0.05, 0) is 0 Å². The van der Waals surface area contributed by atoms with Crippen molar-refractivity contribution in [3.05, 3.63) is 18.9 Å². The summed E-state index contributed by atoms with van der Waals surface area (Å²) in [5, 5.41) is 0. The van der Waals surface area contributed by atoms with Gasteiger partial charge in [0.25, 0.3) is 0 Å². The van der Waals surface area contributed by atoms with Crippen LogP contribution in [0.4, 0.5) is 0 Å². The number of aromatic amines is 1. The molecule has 1 N–H and O–H groups in total. The van der Waals surface area contributed by atoms with E-state index in [2.05, 4.69) is 19.9 Å². The second-order valence-corrected chi connectivity index (χ2v) is 3.08. The molecule has 1 saturated carbocycles. The van der Waals surface area contributed by atoms with Crippen molar-refractivity contribution in [3.63, 3.8) is 0 Å². The minimum Gasteiger partial charge on any atom is -0.342 e. The summed E-state index contributed by atoms with van der Waals surface area (Å²) in [6, 6.07) is 0. The van der Waals surface area contributed by atoms with Crippen LogP contribution in [0.2, 0.25) is 0 Å². The first-order valence-electron chi connectivity index (χ1n) is 4.56. The molecule has 4 heteroatoms. The van der Waals surface area contributed by atoms with Gasteiger partial charge in [-0.2, -0.15) is 0 Å². The van der Waals surface area contributed by atoms with Crippen molar-refractivity contribution >= 4 is 11.2 Å². The predicted molar refractivity (Wildman–Crippen MR) is 50.2 cm³/mol. The predicted octanol–water partition coefficient (Wildman–Crippen LogP) is 1.91. The number of aromatic nitrogens is 4. The van der Waals surface area contributed by atoms with Gasteiger partial charge in [-0.15, -0.1) is 0 Å². The molecular formula is C9H12N4. The van der Waals surface area contributed by atoms with Gasteiger partial charge in [-0.1, -0.05) is 25.7 Å². The van der Waals surface area contributed by atoms with E-state index >= 15 is 0 Å². The van der Waals surface area contributed by atoms with Gasteiger partial charge in [0.15, 0.2) is 5.65 Å². The molecule has 0 spiro atoms. The summed E-state index contributed by atoms with van der Waals surface area (Å²) in [5.74, 6) is 0. The van der Waals surface area contributed by atoms with E-state index in [1.165, 1.54) is 32.0 Å². The first-order valence-corrected chi connectivity index (χ1v) is 4.56. The molecule has 2 aromatic heterocycles. The van der Waals surface area contributed by atoms with Crippen LogP contribution in [-0.2, 0) is 0 Å². The first kappa shape index (κ1) is 8.16. The molecule has 1 fully saturated rings. The molecule has 0 saturated heterocycles. The quantitative estimate of drug-likeness (QED) is 0.667. The molecule has 0 amide bonds. The van der Waals surface area contributed by atoms with Crippen LogP contribution >= 0.6 is 0 Å². The normalized spacial score (nSPS) is 14.5. The molecule has 2 aromatic rings. The standard InChI is InChI=1S/C5H4N4.C4H8/c1-4-5(8-2-6-1)9-3-7-4;1-2-4-3-1/h1-3H,(H,6,7,8,9);1-4H2. The molecule has 0 radical (unpaired) electrons. The highest BCUT2D eigenvalue weighted by atomic mass is 15.0. The zero-order chi connectivity index (χ0) is 8.93. The second-order valence-electron chi connectivity index (χ2n) is 3.08. The van der Waals surface area contributed by atoms with Crippen LogP contribution in [0.15, 0.2) is 18.9 Å². The maximum atomic E-state index is 3.91. The van der Waals surface area contributed by atoms with Gasteiger partial charge >= 0.3 is 0 Å². The number of hydrogen-bond acceptors (Lipinski definition) is 3. The van der Waals surface area contributed by atoms with Gasteiger partial charge in [0.2, 0.25) is 0 Å². The Balaban J connectivity index is 0.000000137. The van der Waals surface area contributed by atoms with E-state index in [9.17, 15) is 0 Å². The molecule has 0 aliphatic heterocycles. The largest absolute Gasteiger partial charge is 0.342 e. The molecule has 2 heterocycles. The number of imidazole rings is 1. The molecule has 0 bridgehead atoms. The lowest BCUT2D eigenvalue weighted by Crippen LogP contribution is -1.85. The SMILES string of the molecule is C1CCC1.c1ncc2[nH]cnc2n1. The van der Waals surface area contributed by atoms with Crippen LogP contribution in [-0.4, -0.2) is 19.9 Å². The van der Waals surface area contributed by atoms with Crippen molar-refractivity contribution in [3.8, 4) is 0 Å². The highest BCUT2D eigenvalue weighted by molar-refractivity contribution is 5.67. The molecule has 1 aliphatic rings.